The van der Waals surface area contributed by atoms with Crippen molar-refractivity contribution in [2.45, 2.75) is 6.92 Å². The first kappa shape index (κ1) is 24.5. The summed E-state index contributed by atoms with van der Waals surface area (Å²) in [6.45, 7) is 2.05. The number of amides is 1. The minimum absolute atomic E-state index is 0.107. The van der Waals surface area contributed by atoms with Gasteiger partial charge in [0.05, 0.1) is 28.5 Å². The second-order valence-electron chi connectivity index (χ2n) is 8.41. The molecule has 0 saturated carbocycles. The summed E-state index contributed by atoms with van der Waals surface area (Å²) in [7, 11) is 0. The number of anilines is 1. The fourth-order valence-corrected chi connectivity index (χ4v) is 4.16. The van der Waals surface area contributed by atoms with E-state index in [2.05, 4.69) is 0 Å². The van der Waals surface area contributed by atoms with Crippen molar-refractivity contribution >= 4 is 35.0 Å². The fraction of sp³-hybridized carbons (Fsp3) is 0.0667. The average Bonchev–Trinajstić information content (AvgIpc) is 3.54. The van der Waals surface area contributed by atoms with Crippen molar-refractivity contribution in [1.29, 1.82) is 0 Å². The molecule has 0 unspecified atom stereocenters. The predicted molar refractivity (Wildman–Crippen MR) is 143 cm³/mol. The van der Waals surface area contributed by atoms with Crippen LogP contribution in [0.4, 0.5) is 11.4 Å². The first-order chi connectivity index (χ1) is 18.4. The molecule has 8 nitrogen and oxygen atoms in total. The Hall–Kier alpha value is -5.24. The number of furan rings is 1. The van der Waals surface area contributed by atoms with Crippen LogP contribution < -0.4 is 4.90 Å². The number of esters is 1. The number of carbonyl (C=O) groups excluding carboxylic acids is 2. The molecule has 1 aromatic heterocycles. The molecule has 0 fully saturated rings. The number of nitro groups is 1. The van der Waals surface area contributed by atoms with Gasteiger partial charge in [-0.25, -0.2) is 4.79 Å². The van der Waals surface area contributed by atoms with Gasteiger partial charge >= 0.3 is 5.97 Å². The van der Waals surface area contributed by atoms with Gasteiger partial charge in [-0.2, -0.15) is 0 Å². The molecule has 0 aliphatic carbocycles. The van der Waals surface area contributed by atoms with Crippen molar-refractivity contribution in [2.75, 3.05) is 11.5 Å². The third kappa shape index (κ3) is 4.87. The molecule has 188 valence electrons. The van der Waals surface area contributed by atoms with Crippen molar-refractivity contribution in [3.63, 3.8) is 0 Å². The van der Waals surface area contributed by atoms with Crippen molar-refractivity contribution in [1.82, 2.24) is 0 Å². The van der Waals surface area contributed by atoms with E-state index in [1.165, 1.54) is 17.0 Å². The van der Waals surface area contributed by atoms with Gasteiger partial charge in [-0.15, -0.1) is 0 Å². The van der Waals surface area contributed by atoms with Gasteiger partial charge in [0, 0.05) is 23.3 Å². The van der Waals surface area contributed by atoms with E-state index in [9.17, 15) is 19.7 Å². The van der Waals surface area contributed by atoms with Crippen LogP contribution in [0.15, 0.2) is 107 Å². The lowest BCUT2D eigenvalue weighted by atomic mass is 10.1. The lowest BCUT2D eigenvalue weighted by Crippen LogP contribution is -2.25. The maximum atomic E-state index is 13.6. The SMILES string of the molecule is CCOC(=O)c1ccc(-c2ccc(/C=C3\C=C(c4ccccc4)N(c4cccc([N+](=O)[O-])c4)C3=O)o2)cc1. The molecule has 3 aromatic carbocycles. The number of carbonyl (C=O) groups is 2. The molecule has 0 bridgehead atoms. The minimum Gasteiger partial charge on any atom is -0.462 e. The fourth-order valence-electron chi connectivity index (χ4n) is 4.16. The summed E-state index contributed by atoms with van der Waals surface area (Å²) in [4.78, 5) is 37.8. The Morgan fingerprint density at radius 2 is 1.74 bits per heavy atom. The summed E-state index contributed by atoms with van der Waals surface area (Å²) >= 11 is 0. The molecule has 0 saturated heterocycles. The first-order valence-electron chi connectivity index (χ1n) is 11.9. The normalized spacial score (nSPS) is 14.0. The van der Waals surface area contributed by atoms with Gasteiger partial charge in [0.1, 0.15) is 11.5 Å². The van der Waals surface area contributed by atoms with Gasteiger partial charge in [-0.1, -0.05) is 48.5 Å². The second kappa shape index (κ2) is 10.4. The molecule has 0 spiro atoms. The molecule has 8 heteroatoms. The minimum atomic E-state index is -0.490. The summed E-state index contributed by atoms with van der Waals surface area (Å²) in [5, 5.41) is 11.3. The van der Waals surface area contributed by atoms with E-state index < -0.39 is 10.9 Å². The molecule has 0 radical (unpaired) electrons. The Labute approximate surface area is 218 Å². The maximum absolute atomic E-state index is 13.6. The third-order valence-electron chi connectivity index (χ3n) is 5.96. The van der Waals surface area contributed by atoms with Gasteiger partial charge in [0.25, 0.3) is 11.6 Å². The van der Waals surface area contributed by atoms with Gasteiger partial charge < -0.3 is 9.15 Å². The second-order valence-corrected chi connectivity index (χ2v) is 8.41. The quantitative estimate of drug-likeness (QED) is 0.123. The number of ether oxygens (including phenoxy) is 1. The number of hydrogen-bond donors (Lipinski definition) is 0. The number of hydrogen-bond acceptors (Lipinski definition) is 6. The van der Waals surface area contributed by atoms with E-state index in [1.54, 1.807) is 67.6 Å². The van der Waals surface area contributed by atoms with Crippen LogP contribution >= 0.6 is 0 Å². The number of nitro benzene ring substituents is 1. The van der Waals surface area contributed by atoms with Crippen LogP contribution in [-0.4, -0.2) is 23.4 Å². The van der Waals surface area contributed by atoms with Crippen LogP contribution in [0.5, 0.6) is 0 Å². The highest BCUT2D eigenvalue weighted by molar-refractivity contribution is 6.23. The van der Waals surface area contributed by atoms with Crippen LogP contribution in [-0.2, 0) is 9.53 Å². The van der Waals surface area contributed by atoms with Crippen LogP contribution in [0.2, 0.25) is 0 Å². The van der Waals surface area contributed by atoms with E-state index in [-0.39, 0.29) is 11.6 Å². The Bertz CT molecular complexity index is 1580. The summed E-state index contributed by atoms with van der Waals surface area (Å²) < 4.78 is 11.0. The van der Waals surface area contributed by atoms with Crippen LogP contribution in [0.3, 0.4) is 0 Å². The monoisotopic (exact) mass is 506 g/mol. The van der Waals surface area contributed by atoms with E-state index in [4.69, 9.17) is 9.15 Å². The molecule has 38 heavy (non-hydrogen) atoms. The molecule has 1 aliphatic heterocycles. The van der Waals surface area contributed by atoms with Crippen LogP contribution in [0, 0.1) is 10.1 Å². The maximum Gasteiger partial charge on any atom is 0.338 e. The molecular weight excluding hydrogens is 484 g/mol. The molecule has 0 atom stereocenters. The third-order valence-corrected chi connectivity index (χ3v) is 5.96. The van der Waals surface area contributed by atoms with Crippen molar-refractivity contribution < 1.29 is 23.7 Å². The zero-order valence-corrected chi connectivity index (χ0v) is 20.4. The summed E-state index contributed by atoms with van der Waals surface area (Å²) in [6, 6.07) is 25.7. The Balaban J connectivity index is 1.48. The van der Waals surface area contributed by atoms with Crippen molar-refractivity contribution in [2.24, 2.45) is 0 Å². The van der Waals surface area contributed by atoms with E-state index >= 15 is 0 Å². The molecule has 0 N–H and O–H groups in total. The number of rotatable bonds is 7. The highest BCUT2D eigenvalue weighted by Crippen LogP contribution is 2.37. The lowest BCUT2D eigenvalue weighted by Gasteiger charge is -2.20. The predicted octanol–water partition coefficient (Wildman–Crippen LogP) is 6.50. The summed E-state index contributed by atoms with van der Waals surface area (Å²) in [5.41, 5.74) is 3.25. The Morgan fingerprint density at radius 1 is 0.974 bits per heavy atom. The standard InChI is InChI=1S/C30H22N2O6/c1-2-37-30(34)22-13-11-21(12-14-22)28-16-15-26(38-28)17-23-18-27(20-7-4-3-5-8-20)31(29(23)33)24-9-6-10-25(19-24)32(35)36/h3-19H,2H2,1H3/b23-17+. The topological polar surface area (TPSA) is 103 Å². The van der Waals surface area contributed by atoms with E-state index in [1.807, 2.05) is 30.3 Å². The molecular formula is C30H22N2O6. The molecule has 5 rings (SSSR count). The largest absolute Gasteiger partial charge is 0.462 e. The highest BCUT2D eigenvalue weighted by Gasteiger charge is 2.31. The van der Waals surface area contributed by atoms with E-state index in [0.717, 1.165) is 11.1 Å². The zero-order chi connectivity index (χ0) is 26.6. The summed E-state index contributed by atoms with van der Waals surface area (Å²) in [5.74, 6) is 0.307. The van der Waals surface area contributed by atoms with Crippen molar-refractivity contribution in [3.05, 3.63) is 130 Å². The molecule has 1 amide bonds. The van der Waals surface area contributed by atoms with Crippen LogP contribution in [0.25, 0.3) is 23.1 Å². The number of non-ortho nitro benzene ring substituents is 1. The number of benzene rings is 3. The zero-order valence-electron chi connectivity index (χ0n) is 20.4. The van der Waals surface area contributed by atoms with Crippen molar-refractivity contribution in [3.8, 4) is 11.3 Å². The molecule has 4 aromatic rings. The van der Waals surface area contributed by atoms with Crippen LogP contribution in [0.1, 0.15) is 28.6 Å². The smallest absolute Gasteiger partial charge is 0.338 e. The number of nitrogens with zero attached hydrogens (tertiary/aromatic N) is 2. The Morgan fingerprint density at radius 3 is 2.45 bits per heavy atom. The highest BCUT2D eigenvalue weighted by atomic mass is 16.6. The lowest BCUT2D eigenvalue weighted by molar-refractivity contribution is -0.384. The van der Waals surface area contributed by atoms with Gasteiger partial charge in [0.2, 0.25) is 0 Å². The van der Waals surface area contributed by atoms with E-state index in [0.29, 0.717) is 40.6 Å². The van der Waals surface area contributed by atoms with Gasteiger partial charge in [-0.3, -0.25) is 19.8 Å². The van der Waals surface area contributed by atoms with Gasteiger partial charge in [-0.05, 0) is 55.0 Å². The van der Waals surface area contributed by atoms with Gasteiger partial charge in [0.15, 0.2) is 0 Å². The first-order valence-corrected chi connectivity index (χ1v) is 11.9. The Kier molecular flexibility index (Phi) is 6.69. The molecule has 1 aliphatic rings. The molecule has 2 heterocycles. The average molecular weight is 507 g/mol. The summed E-state index contributed by atoms with van der Waals surface area (Å²) in [6.07, 6.45) is 3.38.